The van der Waals surface area contributed by atoms with E-state index in [1.807, 2.05) is 0 Å². The van der Waals surface area contributed by atoms with Gasteiger partial charge in [-0.15, -0.1) is 12.4 Å². The van der Waals surface area contributed by atoms with Crippen molar-refractivity contribution < 1.29 is 13.2 Å². The molecule has 0 spiro atoms. The SMILES string of the molecule is Cl.NCCCNS(=O)(=O)c1ccc2c(c1)C(=O)NCC2. The predicted octanol–water partition coefficient (Wildman–Crippen LogP) is 0.0214. The van der Waals surface area contributed by atoms with Crippen molar-refractivity contribution >= 4 is 28.3 Å². The molecule has 0 radical (unpaired) electrons. The van der Waals surface area contributed by atoms with Crippen LogP contribution in [0.5, 0.6) is 0 Å². The van der Waals surface area contributed by atoms with E-state index in [1.54, 1.807) is 6.07 Å². The molecular formula is C12H18ClN3O3S. The summed E-state index contributed by atoms with van der Waals surface area (Å²) in [7, 11) is -3.57. The lowest BCUT2D eigenvalue weighted by Crippen LogP contribution is -2.32. The molecule has 1 heterocycles. The third-order valence-corrected chi connectivity index (χ3v) is 4.45. The fraction of sp³-hybridized carbons (Fsp3) is 0.417. The molecule has 6 nitrogen and oxygen atoms in total. The zero-order chi connectivity index (χ0) is 13.9. The minimum Gasteiger partial charge on any atom is -0.352 e. The number of hydrogen-bond acceptors (Lipinski definition) is 4. The third kappa shape index (κ3) is 3.69. The number of fused-ring (bicyclic) bond motifs is 1. The second-order valence-corrected chi connectivity index (χ2v) is 6.13. The molecule has 0 fully saturated rings. The van der Waals surface area contributed by atoms with Gasteiger partial charge in [-0.1, -0.05) is 6.07 Å². The monoisotopic (exact) mass is 319 g/mol. The van der Waals surface area contributed by atoms with Crippen molar-refractivity contribution in [3.05, 3.63) is 29.3 Å². The van der Waals surface area contributed by atoms with Crippen molar-refractivity contribution in [2.75, 3.05) is 19.6 Å². The highest BCUT2D eigenvalue weighted by atomic mass is 35.5. The summed E-state index contributed by atoms with van der Waals surface area (Å²) in [6.07, 6.45) is 1.30. The zero-order valence-electron chi connectivity index (χ0n) is 10.9. The van der Waals surface area contributed by atoms with Crippen molar-refractivity contribution in [3.8, 4) is 0 Å². The Hall–Kier alpha value is -1.15. The van der Waals surface area contributed by atoms with E-state index in [0.29, 0.717) is 31.6 Å². The number of benzene rings is 1. The minimum absolute atomic E-state index is 0. The first-order valence-electron chi connectivity index (χ1n) is 6.15. The number of rotatable bonds is 5. The molecule has 1 amide bonds. The Morgan fingerprint density at radius 1 is 1.35 bits per heavy atom. The minimum atomic E-state index is -3.57. The van der Waals surface area contributed by atoms with E-state index in [9.17, 15) is 13.2 Å². The Morgan fingerprint density at radius 3 is 2.80 bits per heavy atom. The first-order chi connectivity index (χ1) is 9.04. The van der Waals surface area contributed by atoms with Crippen molar-refractivity contribution in [3.63, 3.8) is 0 Å². The molecule has 0 saturated carbocycles. The van der Waals surface area contributed by atoms with Crippen molar-refractivity contribution in [2.45, 2.75) is 17.7 Å². The molecule has 0 aliphatic carbocycles. The van der Waals surface area contributed by atoms with Gasteiger partial charge < -0.3 is 11.1 Å². The smallest absolute Gasteiger partial charge is 0.251 e. The standard InChI is InChI=1S/C12H17N3O3S.ClH/c13-5-1-6-15-19(17,18)10-3-2-9-4-7-14-12(16)11(9)8-10;/h2-3,8,15H,1,4-7,13H2,(H,14,16);1H. The van der Waals surface area contributed by atoms with Crippen LogP contribution in [0.25, 0.3) is 0 Å². The molecule has 1 aromatic carbocycles. The van der Waals surface area contributed by atoms with Crippen LogP contribution in [0.2, 0.25) is 0 Å². The first kappa shape index (κ1) is 16.9. The second-order valence-electron chi connectivity index (χ2n) is 4.36. The average molecular weight is 320 g/mol. The van der Waals surface area contributed by atoms with E-state index >= 15 is 0 Å². The van der Waals surface area contributed by atoms with Crippen LogP contribution in [0.15, 0.2) is 23.1 Å². The van der Waals surface area contributed by atoms with Gasteiger partial charge in [0.05, 0.1) is 4.90 Å². The van der Waals surface area contributed by atoms with Crippen LogP contribution in [-0.4, -0.2) is 34.0 Å². The molecule has 2 rings (SSSR count). The number of nitrogens with two attached hydrogens (primary N) is 1. The largest absolute Gasteiger partial charge is 0.352 e. The molecule has 1 aliphatic rings. The molecule has 20 heavy (non-hydrogen) atoms. The highest BCUT2D eigenvalue weighted by Gasteiger charge is 2.21. The van der Waals surface area contributed by atoms with Gasteiger partial charge in [-0.2, -0.15) is 0 Å². The molecule has 1 aliphatic heterocycles. The van der Waals surface area contributed by atoms with E-state index in [2.05, 4.69) is 10.0 Å². The maximum Gasteiger partial charge on any atom is 0.251 e. The van der Waals surface area contributed by atoms with Crippen LogP contribution in [0.4, 0.5) is 0 Å². The summed E-state index contributed by atoms with van der Waals surface area (Å²) in [4.78, 5) is 11.8. The quantitative estimate of drug-likeness (QED) is 0.666. The van der Waals surface area contributed by atoms with Gasteiger partial charge >= 0.3 is 0 Å². The molecule has 0 saturated heterocycles. The summed E-state index contributed by atoms with van der Waals surface area (Å²) < 4.78 is 26.5. The van der Waals surface area contributed by atoms with Gasteiger partial charge in [-0.05, 0) is 37.1 Å². The summed E-state index contributed by atoms with van der Waals surface area (Å²) in [6.45, 7) is 1.31. The van der Waals surface area contributed by atoms with E-state index in [-0.39, 0.29) is 23.2 Å². The van der Waals surface area contributed by atoms with Gasteiger partial charge in [0.25, 0.3) is 5.91 Å². The summed E-state index contributed by atoms with van der Waals surface area (Å²) >= 11 is 0. The zero-order valence-corrected chi connectivity index (χ0v) is 12.5. The topological polar surface area (TPSA) is 101 Å². The van der Waals surface area contributed by atoms with E-state index in [1.165, 1.54) is 12.1 Å². The van der Waals surface area contributed by atoms with Gasteiger partial charge in [-0.25, -0.2) is 13.1 Å². The van der Waals surface area contributed by atoms with Crippen LogP contribution < -0.4 is 15.8 Å². The molecular weight excluding hydrogens is 302 g/mol. The average Bonchev–Trinajstić information content (AvgIpc) is 2.39. The Balaban J connectivity index is 0.00000200. The highest BCUT2D eigenvalue weighted by Crippen LogP contribution is 2.18. The molecule has 4 N–H and O–H groups in total. The highest BCUT2D eigenvalue weighted by molar-refractivity contribution is 7.89. The molecule has 0 unspecified atom stereocenters. The fourth-order valence-electron chi connectivity index (χ4n) is 1.95. The predicted molar refractivity (Wildman–Crippen MR) is 78.6 cm³/mol. The van der Waals surface area contributed by atoms with Crippen LogP contribution in [0.3, 0.4) is 0 Å². The number of carbonyl (C=O) groups excluding carboxylic acids is 1. The summed E-state index contributed by atoms with van der Waals surface area (Å²) in [5.74, 6) is -0.222. The number of carbonyl (C=O) groups is 1. The fourth-order valence-corrected chi connectivity index (χ4v) is 3.05. The van der Waals surface area contributed by atoms with E-state index < -0.39 is 10.0 Å². The molecule has 0 aromatic heterocycles. The van der Waals surface area contributed by atoms with E-state index in [4.69, 9.17) is 5.73 Å². The lowest BCUT2D eigenvalue weighted by atomic mass is 10.0. The Labute approximate surface area is 124 Å². The van der Waals surface area contributed by atoms with Gasteiger partial charge in [-0.3, -0.25) is 4.79 Å². The van der Waals surface area contributed by atoms with Crippen LogP contribution in [0, 0.1) is 0 Å². The Kier molecular flexibility index (Phi) is 5.94. The third-order valence-electron chi connectivity index (χ3n) is 2.99. The Morgan fingerprint density at radius 2 is 2.10 bits per heavy atom. The number of amides is 1. The van der Waals surface area contributed by atoms with Crippen molar-refractivity contribution in [1.29, 1.82) is 0 Å². The van der Waals surface area contributed by atoms with Crippen LogP contribution >= 0.6 is 12.4 Å². The van der Waals surface area contributed by atoms with E-state index in [0.717, 1.165) is 12.0 Å². The summed E-state index contributed by atoms with van der Waals surface area (Å²) in [6, 6.07) is 4.66. The molecule has 1 aromatic rings. The maximum absolute atomic E-state index is 12.0. The van der Waals surface area contributed by atoms with Crippen molar-refractivity contribution in [2.24, 2.45) is 5.73 Å². The van der Waals surface area contributed by atoms with Gasteiger partial charge in [0.1, 0.15) is 0 Å². The number of nitrogens with one attached hydrogen (secondary N) is 2. The van der Waals surface area contributed by atoms with Gasteiger partial charge in [0, 0.05) is 18.7 Å². The van der Waals surface area contributed by atoms with Crippen molar-refractivity contribution in [1.82, 2.24) is 10.0 Å². The molecule has 0 atom stereocenters. The molecule has 8 heteroatoms. The van der Waals surface area contributed by atoms with Gasteiger partial charge in [0.15, 0.2) is 0 Å². The lowest BCUT2D eigenvalue weighted by molar-refractivity contribution is 0.0946. The number of halogens is 1. The Bertz CT molecular complexity index is 590. The second kappa shape index (κ2) is 7.03. The summed E-state index contributed by atoms with van der Waals surface area (Å²) in [5, 5.41) is 2.70. The first-order valence-corrected chi connectivity index (χ1v) is 7.64. The molecule has 112 valence electrons. The van der Waals surface area contributed by atoms with Crippen LogP contribution in [0.1, 0.15) is 22.3 Å². The van der Waals surface area contributed by atoms with Gasteiger partial charge in [0.2, 0.25) is 10.0 Å². The summed E-state index contributed by atoms with van der Waals surface area (Å²) in [5.41, 5.74) is 6.64. The lowest BCUT2D eigenvalue weighted by Gasteiger charge is -2.17. The maximum atomic E-state index is 12.0. The number of sulfonamides is 1. The number of hydrogen-bond donors (Lipinski definition) is 3. The molecule has 0 bridgehead atoms. The normalized spacial score (nSPS) is 14.2. The van der Waals surface area contributed by atoms with Crippen LogP contribution in [-0.2, 0) is 16.4 Å².